The zero-order valence-corrected chi connectivity index (χ0v) is 13.4. The molecule has 0 saturated carbocycles. The molecule has 0 aliphatic rings. The van der Waals surface area contributed by atoms with Crippen molar-refractivity contribution in [3.05, 3.63) is 57.6 Å². The van der Waals surface area contributed by atoms with Crippen LogP contribution in [0.5, 0.6) is 0 Å². The minimum Gasteiger partial charge on any atom is -0.275 e. The summed E-state index contributed by atoms with van der Waals surface area (Å²) >= 11 is 3.44. The lowest BCUT2D eigenvalue weighted by Gasteiger charge is -2.04. The van der Waals surface area contributed by atoms with Crippen LogP contribution in [0.3, 0.4) is 0 Å². The molecule has 108 valence electrons. The molecule has 0 spiro atoms. The Labute approximate surface area is 130 Å². The van der Waals surface area contributed by atoms with Crippen LogP contribution in [0.1, 0.15) is 22.6 Å². The van der Waals surface area contributed by atoms with Gasteiger partial charge >= 0.3 is 0 Å². The molecule has 0 fully saturated rings. The van der Waals surface area contributed by atoms with Crippen molar-refractivity contribution in [2.24, 2.45) is 7.05 Å². The lowest BCUT2D eigenvalue weighted by atomic mass is 10.1. The predicted molar refractivity (Wildman–Crippen MR) is 81.8 cm³/mol. The molecule has 2 heterocycles. The molecular weight excluding hydrogens is 332 g/mol. The van der Waals surface area contributed by atoms with E-state index in [0.717, 1.165) is 21.6 Å². The Hall–Kier alpha value is -2.02. The first-order chi connectivity index (χ1) is 10.1. The number of tetrazole rings is 1. The van der Waals surface area contributed by atoms with Crippen LogP contribution in [-0.4, -0.2) is 30.0 Å². The van der Waals surface area contributed by atoms with Gasteiger partial charge in [0, 0.05) is 24.1 Å². The normalized spacial score (nSPS) is 11.0. The second-order valence-corrected chi connectivity index (χ2v) is 5.90. The Bertz CT molecular complexity index is 743. The van der Waals surface area contributed by atoms with E-state index < -0.39 is 0 Å². The highest BCUT2D eigenvalue weighted by Crippen LogP contribution is 2.14. The summed E-state index contributed by atoms with van der Waals surface area (Å²) in [7, 11) is 1.92. The third kappa shape index (κ3) is 3.18. The van der Waals surface area contributed by atoms with Crippen LogP contribution in [0.15, 0.2) is 34.9 Å². The van der Waals surface area contributed by atoms with Gasteiger partial charge in [-0.2, -0.15) is 5.10 Å². The number of aromatic nitrogens is 6. The van der Waals surface area contributed by atoms with Crippen molar-refractivity contribution in [1.82, 2.24) is 30.0 Å². The van der Waals surface area contributed by atoms with Gasteiger partial charge in [0.1, 0.15) is 0 Å². The molecule has 3 aromatic rings. The molecule has 6 nitrogen and oxygen atoms in total. The van der Waals surface area contributed by atoms with Gasteiger partial charge in [-0.05, 0) is 40.6 Å². The van der Waals surface area contributed by atoms with E-state index in [4.69, 9.17) is 0 Å². The Morgan fingerprint density at radius 2 is 1.95 bits per heavy atom. The zero-order chi connectivity index (χ0) is 14.8. The Morgan fingerprint density at radius 1 is 1.19 bits per heavy atom. The monoisotopic (exact) mass is 346 g/mol. The molecule has 0 aliphatic heterocycles. The maximum Gasteiger partial charge on any atom is 0.156 e. The van der Waals surface area contributed by atoms with E-state index in [2.05, 4.69) is 48.7 Å². The Kier molecular flexibility index (Phi) is 3.83. The Balaban J connectivity index is 1.80. The number of benzene rings is 1. The van der Waals surface area contributed by atoms with Crippen LogP contribution in [0, 0.1) is 6.92 Å². The lowest BCUT2D eigenvalue weighted by molar-refractivity contribution is 0.603. The van der Waals surface area contributed by atoms with Gasteiger partial charge in [-0.25, -0.2) is 4.68 Å². The van der Waals surface area contributed by atoms with Gasteiger partial charge < -0.3 is 0 Å². The van der Waals surface area contributed by atoms with Crippen molar-refractivity contribution in [2.75, 3.05) is 0 Å². The third-order valence-electron chi connectivity index (χ3n) is 3.30. The summed E-state index contributed by atoms with van der Waals surface area (Å²) in [6, 6.07) is 8.17. The number of nitrogens with zero attached hydrogens (tertiary/aromatic N) is 6. The van der Waals surface area contributed by atoms with Crippen LogP contribution in [0.2, 0.25) is 0 Å². The maximum absolute atomic E-state index is 4.44. The summed E-state index contributed by atoms with van der Waals surface area (Å²) < 4.78 is 4.68. The van der Waals surface area contributed by atoms with Crippen LogP contribution in [-0.2, 0) is 20.0 Å². The SMILES string of the molecule is Cc1cn(C)nc1Cn1nnnc1Cc1ccc(Br)cc1. The van der Waals surface area contributed by atoms with Crippen LogP contribution in [0.25, 0.3) is 0 Å². The molecule has 3 rings (SSSR count). The van der Waals surface area contributed by atoms with Crippen molar-refractivity contribution < 1.29 is 0 Å². The standard InChI is InChI=1S/C14H15BrN6/c1-10-8-20(2)17-13(10)9-21-14(16-18-19-21)7-11-3-5-12(15)6-4-11/h3-6,8H,7,9H2,1-2H3. The van der Waals surface area contributed by atoms with E-state index in [9.17, 15) is 0 Å². The smallest absolute Gasteiger partial charge is 0.156 e. The summed E-state index contributed by atoms with van der Waals surface area (Å²) in [6.45, 7) is 2.63. The maximum atomic E-state index is 4.44. The topological polar surface area (TPSA) is 61.4 Å². The van der Waals surface area contributed by atoms with Crippen molar-refractivity contribution in [3.8, 4) is 0 Å². The first-order valence-corrected chi connectivity index (χ1v) is 7.40. The number of aryl methyl sites for hydroxylation is 2. The van der Waals surface area contributed by atoms with Crippen LogP contribution >= 0.6 is 15.9 Å². The summed E-state index contributed by atoms with van der Waals surface area (Å²) in [5.74, 6) is 0.836. The molecule has 21 heavy (non-hydrogen) atoms. The minimum atomic E-state index is 0.589. The number of rotatable bonds is 4. The zero-order valence-electron chi connectivity index (χ0n) is 11.9. The summed E-state index contributed by atoms with van der Waals surface area (Å²) in [5.41, 5.74) is 3.30. The molecule has 0 saturated heterocycles. The molecular formula is C14H15BrN6. The quantitative estimate of drug-likeness (QED) is 0.725. The largest absolute Gasteiger partial charge is 0.275 e. The lowest BCUT2D eigenvalue weighted by Crippen LogP contribution is -2.09. The minimum absolute atomic E-state index is 0.589. The molecule has 1 aromatic carbocycles. The highest BCUT2D eigenvalue weighted by atomic mass is 79.9. The van der Waals surface area contributed by atoms with Crippen LogP contribution < -0.4 is 0 Å². The molecule has 0 amide bonds. The van der Waals surface area contributed by atoms with E-state index in [-0.39, 0.29) is 0 Å². The van der Waals surface area contributed by atoms with E-state index in [1.165, 1.54) is 5.56 Å². The van der Waals surface area contributed by atoms with E-state index in [0.29, 0.717) is 13.0 Å². The van der Waals surface area contributed by atoms with Gasteiger partial charge in [0.15, 0.2) is 5.82 Å². The fraction of sp³-hybridized carbons (Fsp3) is 0.286. The highest BCUT2D eigenvalue weighted by molar-refractivity contribution is 9.10. The fourth-order valence-electron chi connectivity index (χ4n) is 2.21. The highest BCUT2D eigenvalue weighted by Gasteiger charge is 2.11. The summed E-state index contributed by atoms with van der Waals surface area (Å²) in [6.07, 6.45) is 2.69. The molecule has 0 aliphatic carbocycles. The fourth-order valence-corrected chi connectivity index (χ4v) is 2.47. The molecule has 2 aromatic heterocycles. The molecule has 0 radical (unpaired) electrons. The summed E-state index contributed by atoms with van der Waals surface area (Å²) in [4.78, 5) is 0. The molecule has 0 atom stereocenters. The second-order valence-electron chi connectivity index (χ2n) is 4.99. The van der Waals surface area contributed by atoms with Gasteiger partial charge in [0.2, 0.25) is 0 Å². The summed E-state index contributed by atoms with van der Waals surface area (Å²) in [5, 5.41) is 16.4. The van der Waals surface area contributed by atoms with E-state index in [1.54, 1.807) is 4.68 Å². The predicted octanol–water partition coefficient (Wildman–Crippen LogP) is 2.12. The van der Waals surface area contributed by atoms with Gasteiger partial charge in [-0.1, -0.05) is 28.1 Å². The van der Waals surface area contributed by atoms with Gasteiger partial charge in [-0.15, -0.1) is 5.10 Å². The van der Waals surface area contributed by atoms with E-state index in [1.807, 2.05) is 37.0 Å². The van der Waals surface area contributed by atoms with Gasteiger partial charge in [0.05, 0.1) is 12.2 Å². The number of halogens is 1. The number of hydrogen-bond donors (Lipinski definition) is 0. The van der Waals surface area contributed by atoms with Crippen molar-refractivity contribution in [2.45, 2.75) is 19.9 Å². The van der Waals surface area contributed by atoms with Gasteiger partial charge in [-0.3, -0.25) is 4.68 Å². The first-order valence-electron chi connectivity index (χ1n) is 6.60. The molecule has 0 bridgehead atoms. The van der Waals surface area contributed by atoms with Crippen LogP contribution in [0.4, 0.5) is 0 Å². The first kappa shape index (κ1) is 13.9. The van der Waals surface area contributed by atoms with E-state index >= 15 is 0 Å². The van der Waals surface area contributed by atoms with Crippen molar-refractivity contribution in [1.29, 1.82) is 0 Å². The molecule has 7 heteroatoms. The molecule has 0 unspecified atom stereocenters. The molecule has 0 N–H and O–H groups in total. The second kappa shape index (κ2) is 5.77. The Morgan fingerprint density at radius 3 is 2.62 bits per heavy atom. The van der Waals surface area contributed by atoms with Crippen molar-refractivity contribution >= 4 is 15.9 Å². The third-order valence-corrected chi connectivity index (χ3v) is 3.82. The average molecular weight is 347 g/mol. The average Bonchev–Trinajstić information content (AvgIpc) is 3.00. The van der Waals surface area contributed by atoms with Gasteiger partial charge in [0.25, 0.3) is 0 Å². The number of hydrogen-bond acceptors (Lipinski definition) is 4. The van der Waals surface area contributed by atoms with Crippen molar-refractivity contribution in [3.63, 3.8) is 0 Å².